The van der Waals surface area contributed by atoms with Crippen LogP contribution in [0.4, 0.5) is 4.39 Å². The van der Waals surface area contributed by atoms with Crippen LogP contribution in [0.2, 0.25) is 0 Å². The van der Waals surface area contributed by atoms with Gasteiger partial charge in [0.15, 0.2) is 0 Å². The van der Waals surface area contributed by atoms with E-state index in [0.29, 0.717) is 10.0 Å². The average molecular weight is 349 g/mol. The van der Waals surface area contributed by atoms with Crippen molar-refractivity contribution in [3.8, 4) is 0 Å². The highest BCUT2D eigenvalue weighted by Gasteiger charge is 2.06. The Bertz CT molecular complexity index is 277. The minimum Gasteiger partial charge on any atom is -0.205 e. The van der Waals surface area contributed by atoms with Crippen LogP contribution in [0.5, 0.6) is 0 Å². The molecule has 1 aromatic carbocycles. The second-order valence-corrected chi connectivity index (χ2v) is 4.36. The molecular weight excluding hydrogens is 345 g/mol. The summed E-state index contributed by atoms with van der Waals surface area (Å²) >= 11 is 10.7. The van der Waals surface area contributed by atoms with Gasteiger partial charge in [0.25, 0.3) is 0 Å². The van der Waals surface area contributed by atoms with Crippen molar-refractivity contribution < 1.29 is 4.39 Å². The van der Waals surface area contributed by atoms with Gasteiger partial charge in [0.2, 0.25) is 0 Å². The van der Waals surface area contributed by atoms with Gasteiger partial charge in [0.05, 0.1) is 10.4 Å². The number of rotatable bonds is 1. The van der Waals surface area contributed by atoms with E-state index >= 15 is 0 Å². The molecule has 0 atom stereocenters. The fourth-order valence-electron chi connectivity index (χ4n) is 0.707. The number of benzene rings is 1. The van der Waals surface area contributed by atoms with Gasteiger partial charge in [-0.3, -0.25) is 0 Å². The second-order valence-electron chi connectivity index (χ2n) is 1.99. The highest BCUT2D eigenvalue weighted by Crippen LogP contribution is 2.23. The average Bonchev–Trinajstić information content (AvgIpc) is 1.96. The largest absolute Gasteiger partial charge is 0.205 e. The molecule has 0 fully saturated rings. The zero-order chi connectivity index (χ0) is 8.43. The van der Waals surface area contributed by atoms with Crippen LogP contribution in [0.3, 0.4) is 0 Å². The molecule has 11 heavy (non-hydrogen) atoms. The van der Waals surface area contributed by atoms with Crippen molar-refractivity contribution in [2.24, 2.45) is 0 Å². The van der Waals surface area contributed by atoms with Crippen molar-refractivity contribution in [1.29, 1.82) is 0 Å². The number of hydrogen-bond acceptors (Lipinski definition) is 0. The van der Waals surface area contributed by atoms with E-state index < -0.39 is 0 Å². The lowest BCUT2D eigenvalue weighted by Crippen LogP contribution is -1.88. The van der Waals surface area contributed by atoms with E-state index in [9.17, 15) is 4.39 Å². The maximum Gasteiger partial charge on any atom is 0.141 e. The smallest absolute Gasteiger partial charge is 0.141 e. The Morgan fingerprint density at radius 2 is 2.18 bits per heavy atom. The van der Waals surface area contributed by atoms with Gasteiger partial charge in [-0.05, 0) is 50.7 Å². The molecule has 0 aliphatic heterocycles. The highest BCUT2D eigenvalue weighted by molar-refractivity contribution is 14.1. The molecule has 0 amide bonds. The molecule has 1 rings (SSSR count). The van der Waals surface area contributed by atoms with Gasteiger partial charge in [-0.25, -0.2) is 4.39 Å². The third-order valence-electron chi connectivity index (χ3n) is 1.21. The molecule has 0 nitrogen and oxygen atoms in total. The molecule has 60 valence electrons. The highest BCUT2D eigenvalue weighted by atomic mass is 127. The lowest BCUT2D eigenvalue weighted by atomic mass is 10.2. The Balaban J connectivity index is 3.24. The molecule has 0 aromatic heterocycles. The molecule has 0 aliphatic carbocycles. The third-order valence-corrected chi connectivity index (χ3v) is 2.70. The number of halogens is 4. The van der Waals surface area contributed by atoms with E-state index in [1.165, 1.54) is 0 Å². The van der Waals surface area contributed by atoms with Crippen molar-refractivity contribution >= 4 is 50.1 Å². The number of hydrogen-bond donors (Lipinski definition) is 0. The molecule has 0 unspecified atom stereocenters. The van der Waals surface area contributed by atoms with E-state index in [1.54, 1.807) is 12.1 Å². The lowest BCUT2D eigenvalue weighted by Gasteiger charge is -2.01. The van der Waals surface area contributed by atoms with Crippen molar-refractivity contribution in [3.05, 3.63) is 31.6 Å². The van der Waals surface area contributed by atoms with Gasteiger partial charge in [-0.2, -0.15) is 0 Å². The van der Waals surface area contributed by atoms with E-state index in [4.69, 9.17) is 11.6 Å². The minimum absolute atomic E-state index is 0.210. The maximum atomic E-state index is 13.0. The SMILES string of the molecule is Fc1c(Br)cc(I)cc1CCl. The van der Waals surface area contributed by atoms with E-state index in [0.717, 1.165) is 3.57 Å². The first-order valence-electron chi connectivity index (χ1n) is 2.84. The summed E-state index contributed by atoms with van der Waals surface area (Å²) in [4.78, 5) is 0. The van der Waals surface area contributed by atoms with Crippen molar-refractivity contribution in [2.45, 2.75) is 5.88 Å². The molecule has 0 N–H and O–H groups in total. The molecule has 0 saturated carbocycles. The van der Waals surface area contributed by atoms with E-state index in [-0.39, 0.29) is 11.7 Å². The first-order valence-corrected chi connectivity index (χ1v) is 5.25. The van der Waals surface area contributed by atoms with Gasteiger partial charge in [-0.15, -0.1) is 11.6 Å². The first-order chi connectivity index (χ1) is 5.15. The van der Waals surface area contributed by atoms with Gasteiger partial charge in [-0.1, -0.05) is 0 Å². The summed E-state index contributed by atoms with van der Waals surface area (Å²) in [6.07, 6.45) is 0. The molecule has 0 bridgehead atoms. The third kappa shape index (κ3) is 2.29. The summed E-state index contributed by atoms with van der Waals surface area (Å²) in [7, 11) is 0. The predicted octanol–water partition coefficient (Wildman–Crippen LogP) is 3.93. The number of alkyl halides is 1. The van der Waals surface area contributed by atoms with Gasteiger partial charge in [0, 0.05) is 9.13 Å². The fourth-order valence-corrected chi connectivity index (χ4v) is 2.52. The van der Waals surface area contributed by atoms with Crippen LogP contribution in [0, 0.1) is 9.39 Å². The van der Waals surface area contributed by atoms with Crippen LogP contribution in [0.15, 0.2) is 16.6 Å². The molecule has 0 heterocycles. The van der Waals surface area contributed by atoms with E-state index in [1.807, 2.05) is 0 Å². The van der Waals surface area contributed by atoms with Crippen LogP contribution < -0.4 is 0 Å². The van der Waals surface area contributed by atoms with Crippen LogP contribution in [-0.2, 0) is 5.88 Å². The molecular formula is C7H4BrClFI. The summed E-state index contributed by atoms with van der Waals surface area (Å²) in [5.74, 6) is -0.0539. The van der Waals surface area contributed by atoms with Crippen LogP contribution in [-0.4, -0.2) is 0 Å². The van der Waals surface area contributed by atoms with Gasteiger partial charge in [0.1, 0.15) is 5.82 Å². The van der Waals surface area contributed by atoms with Crippen molar-refractivity contribution in [1.82, 2.24) is 0 Å². The zero-order valence-electron chi connectivity index (χ0n) is 5.37. The zero-order valence-corrected chi connectivity index (χ0v) is 9.87. The minimum atomic E-state index is -0.264. The topological polar surface area (TPSA) is 0 Å². The molecule has 1 aromatic rings. The van der Waals surface area contributed by atoms with Gasteiger partial charge >= 0.3 is 0 Å². The van der Waals surface area contributed by atoms with Crippen molar-refractivity contribution in [2.75, 3.05) is 0 Å². The quantitative estimate of drug-likeness (QED) is 0.409. The Morgan fingerprint density at radius 3 is 2.73 bits per heavy atom. The predicted molar refractivity (Wildman–Crippen MR) is 56.4 cm³/mol. The van der Waals surface area contributed by atoms with Crippen LogP contribution in [0.25, 0.3) is 0 Å². The Kier molecular flexibility index (Phi) is 3.58. The summed E-state index contributed by atoms with van der Waals surface area (Å²) in [5, 5.41) is 0. The fraction of sp³-hybridized carbons (Fsp3) is 0.143. The molecule has 0 saturated heterocycles. The first kappa shape index (κ1) is 9.74. The van der Waals surface area contributed by atoms with Crippen LogP contribution >= 0.6 is 50.1 Å². The summed E-state index contributed by atoms with van der Waals surface area (Å²) < 4.78 is 14.5. The lowest BCUT2D eigenvalue weighted by molar-refractivity contribution is 0.610. The maximum absolute atomic E-state index is 13.0. The Morgan fingerprint density at radius 1 is 1.55 bits per heavy atom. The second kappa shape index (κ2) is 4.05. The molecule has 0 aliphatic rings. The summed E-state index contributed by atoms with van der Waals surface area (Å²) in [6, 6.07) is 3.44. The summed E-state index contributed by atoms with van der Waals surface area (Å²) in [6.45, 7) is 0. The molecule has 4 heteroatoms. The molecule has 0 spiro atoms. The van der Waals surface area contributed by atoms with Crippen molar-refractivity contribution in [3.63, 3.8) is 0 Å². The normalized spacial score (nSPS) is 10.2. The van der Waals surface area contributed by atoms with E-state index in [2.05, 4.69) is 38.5 Å². The summed E-state index contributed by atoms with van der Waals surface area (Å²) in [5.41, 5.74) is 0.533. The monoisotopic (exact) mass is 348 g/mol. The Labute approximate surface area is 91.4 Å². The van der Waals surface area contributed by atoms with Crippen LogP contribution in [0.1, 0.15) is 5.56 Å². The molecule has 0 radical (unpaired) electrons. The Hall–Kier alpha value is 0.650. The van der Waals surface area contributed by atoms with Gasteiger partial charge < -0.3 is 0 Å². The standard InChI is InChI=1S/C7H4BrClFI/c8-6-2-5(11)1-4(3-9)7(6)10/h1-2H,3H2.